The van der Waals surface area contributed by atoms with E-state index in [1.807, 2.05) is 31.2 Å². The van der Waals surface area contributed by atoms with E-state index in [0.29, 0.717) is 25.9 Å². The lowest BCUT2D eigenvalue weighted by molar-refractivity contribution is -0.212. The summed E-state index contributed by atoms with van der Waals surface area (Å²) in [5.74, 6) is 0.156. The van der Waals surface area contributed by atoms with E-state index in [0.717, 1.165) is 18.6 Å². The highest BCUT2D eigenvalue weighted by Crippen LogP contribution is 2.11. The Kier molecular flexibility index (Phi) is 30.6. The molecule has 1 aromatic carbocycles. The van der Waals surface area contributed by atoms with Gasteiger partial charge in [-0.15, -0.1) is 6.58 Å². The number of rotatable bonds is 15. The first-order chi connectivity index (χ1) is 21.7. The lowest BCUT2D eigenvalue weighted by Crippen LogP contribution is -2.44. The highest BCUT2D eigenvalue weighted by molar-refractivity contribution is 5.85. The Hall–Kier alpha value is -4.43. The second-order valence-corrected chi connectivity index (χ2v) is 9.97. The van der Waals surface area contributed by atoms with Crippen molar-refractivity contribution in [1.82, 2.24) is 21.3 Å². The molecule has 3 amide bonds. The highest BCUT2D eigenvalue weighted by Gasteiger charge is 2.17. The fourth-order valence-corrected chi connectivity index (χ4v) is 2.76. The summed E-state index contributed by atoms with van der Waals surface area (Å²) in [6.45, 7) is 17.1. The molecule has 0 heterocycles. The Morgan fingerprint density at radius 1 is 0.957 bits per heavy atom. The van der Waals surface area contributed by atoms with Crippen LogP contribution < -0.4 is 26.0 Å². The van der Waals surface area contributed by atoms with E-state index >= 15 is 0 Å². The molecule has 0 fully saturated rings. The van der Waals surface area contributed by atoms with Gasteiger partial charge < -0.3 is 40.3 Å². The van der Waals surface area contributed by atoms with Gasteiger partial charge in [-0.05, 0) is 73.1 Å². The van der Waals surface area contributed by atoms with Gasteiger partial charge in [0.05, 0.1) is 26.8 Å². The molecule has 262 valence electrons. The quantitative estimate of drug-likeness (QED) is 0.0540. The van der Waals surface area contributed by atoms with Gasteiger partial charge in [-0.2, -0.15) is 4.89 Å². The van der Waals surface area contributed by atoms with Crippen molar-refractivity contribution in [2.24, 2.45) is 0 Å². The van der Waals surface area contributed by atoms with E-state index < -0.39 is 23.8 Å². The topological polar surface area (TPSA) is 180 Å². The van der Waals surface area contributed by atoms with Crippen molar-refractivity contribution in [3.8, 4) is 5.75 Å². The smallest absolute Gasteiger partial charge is 0.439 e. The van der Waals surface area contributed by atoms with Gasteiger partial charge in [0, 0.05) is 6.54 Å². The third-order valence-electron chi connectivity index (χ3n) is 4.76. The van der Waals surface area contributed by atoms with Crippen molar-refractivity contribution in [1.29, 1.82) is 0 Å². The number of esters is 1. The molecule has 1 aromatic rings. The van der Waals surface area contributed by atoms with Crippen LogP contribution in [-0.2, 0) is 33.6 Å². The lowest BCUT2D eigenvalue weighted by atomic mass is 10.1. The number of alkyl carbamates (subject to hydrolysis) is 1. The number of amides is 3. The molecule has 46 heavy (non-hydrogen) atoms. The van der Waals surface area contributed by atoms with E-state index in [-0.39, 0.29) is 25.0 Å². The van der Waals surface area contributed by atoms with E-state index in [9.17, 15) is 24.0 Å². The number of aryl methyl sites for hydroxylation is 1. The van der Waals surface area contributed by atoms with Crippen molar-refractivity contribution in [3.05, 3.63) is 55.1 Å². The lowest BCUT2D eigenvalue weighted by Gasteiger charge is -2.19. The first-order valence-corrected chi connectivity index (χ1v) is 14.5. The predicted octanol–water partition coefficient (Wildman–Crippen LogP) is 3.78. The average molecular weight is 655 g/mol. The summed E-state index contributed by atoms with van der Waals surface area (Å²) in [6, 6.07) is 7.58. The van der Waals surface area contributed by atoms with E-state index in [2.05, 4.69) is 55.9 Å². The molecule has 4 N–H and O–H groups in total. The molecule has 14 nitrogen and oxygen atoms in total. The van der Waals surface area contributed by atoms with Crippen LogP contribution in [0.3, 0.4) is 0 Å². The Bertz CT molecular complexity index is 996. The SMILES string of the molecule is C=CC.C=CCOc1ccc(C)cc1.CNC(CCCCNC(=O)OC(C)(C)C)C(=O)NCC(=O)OC.COOC(=O)NCC=O. The van der Waals surface area contributed by atoms with Crippen LogP contribution >= 0.6 is 0 Å². The molecule has 1 rings (SSSR count). The van der Waals surface area contributed by atoms with Gasteiger partial charge in [0.25, 0.3) is 0 Å². The minimum Gasteiger partial charge on any atom is -0.490 e. The minimum absolute atomic E-state index is 0.0673. The molecule has 0 bridgehead atoms. The molecule has 14 heteroatoms. The molecule has 1 unspecified atom stereocenters. The van der Waals surface area contributed by atoms with Crippen molar-refractivity contribution >= 4 is 30.3 Å². The van der Waals surface area contributed by atoms with Crippen molar-refractivity contribution < 1.29 is 48.0 Å². The number of hydrogen-bond donors (Lipinski definition) is 4. The number of likely N-dealkylation sites (N-methyl/N-ethyl adjacent to an activating group) is 1. The van der Waals surface area contributed by atoms with E-state index in [1.165, 1.54) is 19.8 Å². The largest absolute Gasteiger partial charge is 0.490 e. The summed E-state index contributed by atoms with van der Waals surface area (Å²) in [4.78, 5) is 62.0. The van der Waals surface area contributed by atoms with Crippen molar-refractivity contribution in [2.45, 2.75) is 65.5 Å². The Morgan fingerprint density at radius 3 is 2.04 bits per heavy atom. The van der Waals surface area contributed by atoms with Gasteiger partial charge in [-0.1, -0.05) is 36.4 Å². The maximum absolute atomic E-state index is 11.9. The Balaban J connectivity index is -0.000000659. The van der Waals surface area contributed by atoms with E-state index in [4.69, 9.17) is 9.47 Å². The molecule has 0 aliphatic carbocycles. The van der Waals surface area contributed by atoms with Gasteiger partial charge in [0.2, 0.25) is 5.91 Å². The summed E-state index contributed by atoms with van der Waals surface area (Å²) >= 11 is 0. The standard InChI is InChI=1S/C15H29N3O5.C10H12O.C4H7NO4.C3H6/c1-15(2,3)23-14(21)17-9-7-6-8-11(16-4)13(20)18-10-12(19)22-5;1-3-8-11-10-6-4-9(2)5-7-10;1-8-9-4(7)5-2-3-6;1-3-2/h11,16H,6-10H2,1-5H3,(H,17,21)(H,18,20);3-7H,1,8H2,2H3;3H,2H2,1H3,(H,5,7);3H,1H2,2H3. The second-order valence-electron chi connectivity index (χ2n) is 9.97. The molecule has 0 aromatic heterocycles. The number of allylic oxidation sites excluding steroid dienone is 1. The van der Waals surface area contributed by atoms with E-state index in [1.54, 1.807) is 40.0 Å². The zero-order valence-electron chi connectivity index (χ0n) is 28.6. The number of unbranched alkanes of at least 4 members (excludes halogenated alkanes) is 1. The zero-order chi connectivity index (χ0) is 35.8. The fraction of sp³-hybridized carbons (Fsp3) is 0.531. The fourth-order valence-electron chi connectivity index (χ4n) is 2.76. The number of carbonyl (C=O) groups excluding carboxylic acids is 5. The number of carbonyl (C=O) groups is 5. The van der Waals surface area contributed by atoms with Gasteiger partial charge >= 0.3 is 18.2 Å². The molecule has 0 aliphatic heterocycles. The third-order valence-corrected chi connectivity index (χ3v) is 4.76. The normalized spacial score (nSPS) is 10.2. The molecule has 0 spiro atoms. The first kappa shape index (κ1) is 46.0. The van der Waals surface area contributed by atoms with Crippen LogP contribution in [0.4, 0.5) is 9.59 Å². The van der Waals surface area contributed by atoms with Crippen molar-refractivity contribution in [2.75, 3.05) is 47.5 Å². The molecular formula is C32H54N4O10. The number of methoxy groups -OCH3 is 1. The molecule has 0 aliphatic rings. The van der Waals surface area contributed by atoms with Crippen LogP contribution in [0, 0.1) is 6.92 Å². The van der Waals surface area contributed by atoms with Crippen LogP contribution in [0.2, 0.25) is 0 Å². The third kappa shape index (κ3) is 32.5. The van der Waals surface area contributed by atoms with Crippen LogP contribution in [0.1, 0.15) is 52.5 Å². The van der Waals surface area contributed by atoms with Crippen LogP contribution in [0.5, 0.6) is 5.75 Å². The molecule has 0 radical (unpaired) electrons. The van der Waals surface area contributed by atoms with Gasteiger partial charge in [-0.25, -0.2) is 9.59 Å². The van der Waals surface area contributed by atoms with Gasteiger partial charge in [-0.3, -0.25) is 14.5 Å². The minimum atomic E-state index is -0.774. The molecular weight excluding hydrogens is 600 g/mol. The number of nitrogens with one attached hydrogen (secondary N) is 4. The molecule has 0 saturated carbocycles. The maximum Gasteiger partial charge on any atom is 0.439 e. The van der Waals surface area contributed by atoms with Crippen LogP contribution in [0.15, 0.2) is 49.6 Å². The first-order valence-electron chi connectivity index (χ1n) is 14.5. The van der Waals surface area contributed by atoms with Gasteiger partial charge in [0.1, 0.15) is 30.8 Å². The summed E-state index contributed by atoms with van der Waals surface area (Å²) in [6.07, 6.45) is 4.87. The zero-order valence-corrected chi connectivity index (χ0v) is 28.6. The summed E-state index contributed by atoms with van der Waals surface area (Å²) in [7, 11) is 4.14. The number of aldehydes is 1. The summed E-state index contributed by atoms with van der Waals surface area (Å²) < 4.78 is 14.9. The number of ether oxygens (including phenoxy) is 3. The number of benzene rings is 1. The van der Waals surface area contributed by atoms with Crippen LogP contribution in [-0.4, -0.2) is 89.5 Å². The number of hydrogen-bond acceptors (Lipinski definition) is 11. The Morgan fingerprint density at radius 2 is 1.57 bits per heavy atom. The summed E-state index contributed by atoms with van der Waals surface area (Å²) in [5.41, 5.74) is 0.731. The molecule has 1 atom stereocenters. The second kappa shape index (κ2) is 30.6. The van der Waals surface area contributed by atoms with Crippen molar-refractivity contribution in [3.63, 3.8) is 0 Å². The monoisotopic (exact) mass is 654 g/mol. The maximum atomic E-state index is 11.9. The highest BCUT2D eigenvalue weighted by atomic mass is 17.2. The average Bonchev–Trinajstić information content (AvgIpc) is 3.00. The summed E-state index contributed by atoms with van der Waals surface area (Å²) in [5, 5.41) is 10.1. The predicted molar refractivity (Wildman–Crippen MR) is 176 cm³/mol. The van der Waals surface area contributed by atoms with Crippen LogP contribution in [0.25, 0.3) is 0 Å². The Labute approximate surface area is 273 Å². The van der Waals surface area contributed by atoms with Gasteiger partial charge in [0.15, 0.2) is 0 Å². The molecule has 0 saturated heterocycles.